The van der Waals surface area contributed by atoms with Crippen molar-refractivity contribution in [1.82, 2.24) is 4.90 Å². The number of hydrogen-bond acceptors (Lipinski definition) is 2. The van der Waals surface area contributed by atoms with Crippen LogP contribution in [0, 0.1) is 19.8 Å². The Bertz CT molecular complexity index is 366. The van der Waals surface area contributed by atoms with Crippen LogP contribution in [0.15, 0.2) is 18.2 Å². The minimum Gasteiger partial charge on any atom is -0.329 e. The summed E-state index contributed by atoms with van der Waals surface area (Å²) in [5.74, 6) is 0.742. The summed E-state index contributed by atoms with van der Waals surface area (Å²) in [4.78, 5) is 2.54. The Morgan fingerprint density at radius 2 is 1.88 bits per heavy atom. The van der Waals surface area contributed by atoms with Gasteiger partial charge >= 0.3 is 0 Å². The smallest absolute Gasteiger partial charge is 0.0248 e. The number of hydrogen-bond donors (Lipinski definition) is 1. The first-order chi connectivity index (χ1) is 8.10. The Morgan fingerprint density at radius 1 is 1.24 bits per heavy atom. The largest absolute Gasteiger partial charge is 0.329 e. The maximum absolute atomic E-state index is 5.89. The molecule has 0 radical (unpaired) electrons. The monoisotopic (exact) mass is 232 g/mol. The summed E-state index contributed by atoms with van der Waals surface area (Å²) < 4.78 is 0. The average Bonchev–Trinajstić information content (AvgIpc) is 2.57. The molecule has 2 N–H and O–H groups in total. The van der Waals surface area contributed by atoms with Gasteiger partial charge in [0.05, 0.1) is 0 Å². The van der Waals surface area contributed by atoms with Gasteiger partial charge in [-0.25, -0.2) is 0 Å². The number of nitrogens with two attached hydrogens (primary N) is 1. The zero-order valence-corrected chi connectivity index (χ0v) is 11.2. The van der Waals surface area contributed by atoms with Gasteiger partial charge in [-0.3, -0.25) is 4.90 Å². The third-order valence-electron chi connectivity index (χ3n) is 3.91. The van der Waals surface area contributed by atoms with E-state index >= 15 is 0 Å². The molecular formula is C15H24N2. The molecule has 1 heterocycles. The van der Waals surface area contributed by atoms with Crippen LogP contribution in [0.1, 0.15) is 30.0 Å². The second-order valence-corrected chi connectivity index (χ2v) is 5.54. The molecule has 2 rings (SSSR count). The quantitative estimate of drug-likeness (QED) is 0.867. The second-order valence-electron chi connectivity index (χ2n) is 5.54. The first-order valence-corrected chi connectivity index (χ1v) is 6.61. The zero-order valence-electron chi connectivity index (χ0n) is 11.2. The highest BCUT2D eigenvalue weighted by Gasteiger charge is 2.29. The number of likely N-dealkylation sites (tertiary alicyclic amines) is 1. The lowest BCUT2D eigenvalue weighted by molar-refractivity contribution is 0.228. The van der Waals surface area contributed by atoms with Gasteiger partial charge in [0.15, 0.2) is 0 Å². The van der Waals surface area contributed by atoms with Gasteiger partial charge in [-0.15, -0.1) is 0 Å². The molecule has 2 heteroatoms. The molecule has 0 amide bonds. The van der Waals surface area contributed by atoms with Crippen LogP contribution < -0.4 is 5.73 Å². The standard InChI is InChI=1S/C15H24N2/c1-11-6-12(2)8-14(7-11)10-17-5-4-13(3)15(17)9-16/h6-8,13,15H,4-5,9-10,16H2,1-3H3. The maximum Gasteiger partial charge on any atom is 0.0248 e. The van der Waals surface area contributed by atoms with Crippen LogP contribution in [0.4, 0.5) is 0 Å². The van der Waals surface area contributed by atoms with E-state index in [1.165, 1.54) is 29.7 Å². The molecule has 1 aromatic rings. The Kier molecular flexibility index (Phi) is 3.85. The van der Waals surface area contributed by atoms with Gasteiger partial charge in [0, 0.05) is 19.1 Å². The van der Waals surface area contributed by atoms with Crippen molar-refractivity contribution in [1.29, 1.82) is 0 Å². The van der Waals surface area contributed by atoms with Crippen molar-refractivity contribution in [2.24, 2.45) is 11.7 Å². The molecule has 1 aromatic carbocycles. The lowest BCUT2D eigenvalue weighted by Crippen LogP contribution is -2.37. The SMILES string of the molecule is Cc1cc(C)cc(CN2CCC(C)C2CN)c1. The lowest BCUT2D eigenvalue weighted by atomic mass is 10.0. The van der Waals surface area contributed by atoms with Gasteiger partial charge in [-0.1, -0.05) is 36.2 Å². The molecule has 1 saturated heterocycles. The summed E-state index contributed by atoms with van der Waals surface area (Å²) >= 11 is 0. The van der Waals surface area contributed by atoms with Crippen LogP contribution in [0.5, 0.6) is 0 Å². The van der Waals surface area contributed by atoms with E-state index < -0.39 is 0 Å². The van der Waals surface area contributed by atoms with E-state index in [0.29, 0.717) is 6.04 Å². The topological polar surface area (TPSA) is 29.3 Å². The average molecular weight is 232 g/mol. The molecule has 1 fully saturated rings. The first kappa shape index (κ1) is 12.6. The summed E-state index contributed by atoms with van der Waals surface area (Å²) in [6.45, 7) is 9.68. The van der Waals surface area contributed by atoms with E-state index in [4.69, 9.17) is 5.73 Å². The van der Waals surface area contributed by atoms with Crippen molar-refractivity contribution in [2.75, 3.05) is 13.1 Å². The molecule has 17 heavy (non-hydrogen) atoms. The number of benzene rings is 1. The van der Waals surface area contributed by atoms with Crippen molar-refractivity contribution in [3.63, 3.8) is 0 Å². The Morgan fingerprint density at radius 3 is 2.47 bits per heavy atom. The lowest BCUT2D eigenvalue weighted by Gasteiger charge is -2.25. The predicted molar refractivity (Wildman–Crippen MR) is 72.9 cm³/mol. The van der Waals surface area contributed by atoms with Crippen molar-refractivity contribution >= 4 is 0 Å². The van der Waals surface area contributed by atoms with E-state index in [9.17, 15) is 0 Å². The van der Waals surface area contributed by atoms with Crippen LogP contribution in [0.25, 0.3) is 0 Å². The van der Waals surface area contributed by atoms with Gasteiger partial charge in [0.25, 0.3) is 0 Å². The summed E-state index contributed by atoms with van der Waals surface area (Å²) in [6.07, 6.45) is 1.28. The Balaban J connectivity index is 2.10. The molecule has 0 saturated carbocycles. The van der Waals surface area contributed by atoms with Crippen LogP contribution in [0.2, 0.25) is 0 Å². The van der Waals surface area contributed by atoms with Crippen LogP contribution >= 0.6 is 0 Å². The van der Waals surface area contributed by atoms with E-state index in [0.717, 1.165) is 19.0 Å². The third kappa shape index (κ3) is 2.88. The van der Waals surface area contributed by atoms with Gasteiger partial charge < -0.3 is 5.73 Å². The zero-order chi connectivity index (χ0) is 12.4. The minimum absolute atomic E-state index is 0.566. The first-order valence-electron chi connectivity index (χ1n) is 6.61. The number of nitrogens with zero attached hydrogens (tertiary/aromatic N) is 1. The highest BCUT2D eigenvalue weighted by molar-refractivity contribution is 5.28. The fourth-order valence-corrected chi connectivity index (χ4v) is 3.06. The molecular weight excluding hydrogens is 208 g/mol. The van der Waals surface area contributed by atoms with Crippen LogP contribution in [-0.2, 0) is 6.54 Å². The Hall–Kier alpha value is -0.860. The van der Waals surface area contributed by atoms with Crippen LogP contribution in [0.3, 0.4) is 0 Å². The minimum atomic E-state index is 0.566. The molecule has 1 aliphatic rings. The fourth-order valence-electron chi connectivity index (χ4n) is 3.06. The molecule has 94 valence electrons. The van der Waals surface area contributed by atoms with E-state index in [-0.39, 0.29) is 0 Å². The van der Waals surface area contributed by atoms with Crippen molar-refractivity contribution < 1.29 is 0 Å². The van der Waals surface area contributed by atoms with Gasteiger partial charge in [0.2, 0.25) is 0 Å². The van der Waals surface area contributed by atoms with Gasteiger partial charge in [-0.2, -0.15) is 0 Å². The summed E-state index contributed by atoms with van der Waals surface area (Å²) in [5.41, 5.74) is 10.0. The van der Waals surface area contributed by atoms with Crippen LogP contribution in [-0.4, -0.2) is 24.0 Å². The maximum atomic E-state index is 5.89. The van der Waals surface area contributed by atoms with Gasteiger partial charge in [-0.05, 0) is 38.3 Å². The highest BCUT2D eigenvalue weighted by Crippen LogP contribution is 2.25. The number of rotatable bonds is 3. The highest BCUT2D eigenvalue weighted by atomic mass is 15.2. The van der Waals surface area contributed by atoms with Crippen molar-refractivity contribution in [3.8, 4) is 0 Å². The molecule has 2 nitrogen and oxygen atoms in total. The van der Waals surface area contributed by atoms with Crippen molar-refractivity contribution in [2.45, 2.75) is 39.8 Å². The molecule has 0 aliphatic carbocycles. The molecule has 0 aromatic heterocycles. The molecule has 2 atom stereocenters. The molecule has 0 spiro atoms. The molecule has 1 aliphatic heterocycles. The third-order valence-corrected chi connectivity index (χ3v) is 3.91. The van der Waals surface area contributed by atoms with E-state index in [1.807, 2.05) is 0 Å². The fraction of sp³-hybridized carbons (Fsp3) is 0.600. The second kappa shape index (κ2) is 5.19. The summed E-state index contributed by atoms with van der Waals surface area (Å²) in [5, 5.41) is 0. The normalized spacial score (nSPS) is 25.4. The Labute approximate surface area is 105 Å². The summed E-state index contributed by atoms with van der Waals surface area (Å²) in [6, 6.07) is 7.39. The summed E-state index contributed by atoms with van der Waals surface area (Å²) in [7, 11) is 0. The van der Waals surface area contributed by atoms with Crippen molar-refractivity contribution in [3.05, 3.63) is 34.9 Å². The van der Waals surface area contributed by atoms with Gasteiger partial charge in [0.1, 0.15) is 0 Å². The van der Waals surface area contributed by atoms with E-state index in [2.05, 4.69) is 43.9 Å². The number of aryl methyl sites for hydroxylation is 2. The molecule has 2 unspecified atom stereocenters. The predicted octanol–water partition coefficient (Wildman–Crippen LogP) is 2.47. The molecule has 0 bridgehead atoms. The van der Waals surface area contributed by atoms with E-state index in [1.54, 1.807) is 0 Å².